The van der Waals surface area contributed by atoms with Crippen LogP contribution in [0.4, 0.5) is 0 Å². The molecule has 0 spiro atoms. The molecule has 0 atom stereocenters. The molecule has 1 N–H and O–H groups in total. The van der Waals surface area contributed by atoms with Crippen LogP contribution < -0.4 is 0 Å². The molecule has 6 aromatic rings. The molecule has 0 saturated heterocycles. The molecule has 0 unspecified atom stereocenters. The van der Waals surface area contributed by atoms with Crippen LogP contribution in [0, 0.1) is 6.07 Å². The van der Waals surface area contributed by atoms with Crippen LogP contribution in [-0.4, -0.2) is 28.7 Å². The Hall–Kier alpha value is -4.33. The molecule has 0 aliphatic heterocycles. The molecule has 2 aliphatic carbocycles. The van der Waals surface area contributed by atoms with Gasteiger partial charge >= 0.3 is 10.1 Å². The summed E-state index contributed by atoms with van der Waals surface area (Å²) in [5.74, 6) is 0.0776. The van der Waals surface area contributed by atoms with Crippen LogP contribution >= 0.6 is 0 Å². The Morgan fingerprint density at radius 2 is 1.29 bits per heavy atom. The number of hydrogen-bond donors (Lipinski definition) is 1. The number of hydrogen-bond acceptors (Lipinski definition) is 5. The Morgan fingerprint density at radius 3 is 1.95 bits per heavy atom. The van der Waals surface area contributed by atoms with E-state index in [4.69, 9.17) is 9.54 Å². The number of pyridine rings is 2. The van der Waals surface area contributed by atoms with Gasteiger partial charge in [-0.15, -0.1) is 23.8 Å². The topological polar surface area (TPSA) is 97.2 Å². The van der Waals surface area contributed by atoms with E-state index < -0.39 is 10.1 Å². The van der Waals surface area contributed by atoms with Crippen LogP contribution in [-0.2, 0) is 30.2 Å². The summed E-state index contributed by atoms with van der Waals surface area (Å²) in [5.41, 5.74) is 11.0. The third kappa shape index (κ3) is 4.51. The molecule has 2 heterocycles. The summed E-state index contributed by atoms with van der Waals surface area (Å²) in [6.07, 6.45) is 1.29. The molecule has 8 heteroatoms. The van der Waals surface area contributed by atoms with Crippen LogP contribution in [0.2, 0.25) is 0 Å². The Labute approximate surface area is 249 Å². The van der Waals surface area contributed by atoms with Gasteiger partial charge in [0.15, 0.2) is 10.8 Å². The van der Waals surface area contributed by atoms with Crippen molar-refractivity contribution in [3.8, 4) is 44.6 Å². The second-order valence-electron chi connectivity index (χ2n) is 9.49. The first kappa shape index (κ1) is 26.9. The van der Waals surface area contributed by atoms with Crippen LogP contribution in [0.5, 0.6) is 0 Å². The van der Waals surface area contributed by atoms with Crippen LogP contribution in [0.3, 0.4) is 0 Å². The van der Waals surface area contributed by atoms with Gasteiger partial charge in [0.05, 0.1) is 5.52 Å². The maximum Gasteiger partial charge on any atom is 0.312 e. The fraction of sp³-hybridized carbons (Fsp3) is 0. The van der Waals surface area contributed by atoms with E-state index in [0.29, 0.717) is 0 Å². The predicted molar refractivity (Wildman–Crippen MR) is 153 cm³/mol. The van der Waals surface area contributed by atoms with Gasteiger partial charge in [-0.2, -0.15) is 8.42 Å². The van der Waals surface area contributed by atoms with Crippen LogP contribution in [0.25, 0.3) is 55.5 Å². The first-order valence-electron chi connectivity index (χ1n) is 12.5. The van der Waals surface area contributed by atoms with Crippen molar-refractivity contribution in [2.45, 2.75) is 5.03 Å². The van der Waals surface area contributed by atoms with E-state index in [9.17, 15) is 13.2 Å². The van der Waals surface area contributed by atoms with Gasteiger partial charge in [0, 0.05) is 37.3 Å². The molecule has 1 radical (unpaired) electrons. The first-order valence-corrected chi connectivity index (χ1v) is 14.0. The zero-order valence-electron chi connectivity index (χ0n) is 21.2. The van der Waals surface area contributed by atoms with Gasteiger partial charge in [0.25, 0.3) is 0 Å². The molecule has 2 aliphatic rings. The van der Waals surface area contributed by atoms with Crippen molar-refractivity contribution in [3.05, 3.63) is 127 Å². The average Bonchev–Trinajstić information content (AvgIpc) is 3.46. The van der Waals surface area contributed by atoms with E-state index >= 15 is 0 Å². The maximum atomic E-state index is 12.9. The van der Waals surface area contributed by atoms with Gasteiger partial charge in [0.1, 0.15) is 0 Å². The molecule has 0 amide bonds. The van der Waals surface area contributed by atoms with Crippen molar-refractivity contribution in [1.29, 1.82) is 0 Å². The Balaban J connectivity index is 0.000000236. The van der Waals surface area contributed by atoms with Crippen LogP contribution in [0.1, 0.15) is 15.9 Å². The number of carbonyl (C=O) groups is 1. The van der Waals surface area contributed by atoms with Gasteiger partial charge in [-0.1, -0.05) is 83.9 Å². The quantitative estimate of drug-likeness (QED) is 0.154. The number of rotatable bonds is 2. The van der Waals surface area contributed by atoms with Crippen molar-refractivity contribution >= 4 is 26.8 Å². The zero-order valence-corrected chi connectivity index (χ0v) is 24.4. The second-order valence-corrected chi connectivity index (χ2v) is 10.9. The van der Waals surface area contributed by atoms with E-state index in [2.05, 4.69) is 59.6 Å². The summed E-state index contributed by atoms with van der Waals surface area (Å²) >= 11 is 0. The Kier molecular flexibility index (Phi) is 6.72. The number of aromatic nitrogens is 2. The number of nitrogens with zero attached hydrogens (tertiary/aromatic N) is 2. The minimum absolute atomic E-state index is 0. The average molecular weight is 732 g/mol. The largest absolute Gasteiger partial charge is 0.312 e. The predicted octanol–water partition coefficient (Wildman–Crippen LogP) is 6.89. The molecular weight excluding hydrogens is 713 g/mol. The maximum absolute atomic E-state index is 12.9. The summed E-state index contributed by atoms with van der Waals surface area (Å²) < 4.78 is 29.1. The SMILES string of the molecule is O=C1c2cc(-c3cc4c5c(cccc5n3)-c3ccccc3-4)[c-]cc2-c2ccccc21.O=S(=O)(O)c1ccccn1.[Ir]. The van der Waals surface area contributed by atoms with E-state index in [1.807, 2.05) is 36.4 Å². The van der Waals surface area contributed by atoms with Crippen molar-refractivity contribution in [2.75, 3.05) is 0 Å². The van der Waals surface area contributed by atoms with Gasteiger partial charge in [-0.25, -0.2) is 4.98 Å². The molecule has 8 rings (SSSR count). The third-order valence-electron chi connectivity index (χ3n) is 7.18. The Morgan fingerprint density at radius 1 is 0.659 bits per heavy atom. The summed E-state index contributed by atoms with van der Waals surface area (Å²) in [5, 5.41) is 0.877. The molecule has 6 nitrogen and oxygen atoms in total. The van der Waals surface area contributed by atoms with E-state index in [-0.39, 0.29) is 30.9 Å². The standard InChI is InChI=1S/C28H14NO.C5H5NO3S.Ir/c30-28-22-9-4-3-7-18(22)20-13-12-16(14-24(20)28)26-15-23-19-8-2-1-6-17(19)21-10-5-11-25(29-26)27(21)23;7-10(8,9)5-3-1-2-4-6-5;/h1-11,13-15H;1-4H,(H,7,8,9);/q-1;;. The number of ketones is 1. The molecule has 201 valence electrons. The monoisotopic (exact) mass is 732 g/mol. The second kappa shape index (κ2) is 10.3. The molecule has 41 heavy (non-hydrogen) atoms. The summed E-state index contributed by atoms with van der Waals surface area (Å²) in [7, 11) is -4.11. The molecule has 0 bridgehead atoms. The number of benzene rings is 4. The van der Waals surface area contributed by atoms with E-state index in [1.165, 1.54) is 46.0 Å². The first-order chi connectivity index (χ1) is 19.4. The fourth-order valence-electron chi connectivity index (χ4n) is 5.43. The van der Waals surface area contributed by atoms with Crippen LogP contribution in [0.15, 0.2) is 114 Å². The summed E-state index contributed by atoms with van der Waals surface area (Å²) in [6, 6.07) is 36.2. The van der Waals surface area contributed by atoms with Crippen molar-refractivity contribution in [3.63, 3.8) is 0 Å². The van der Waals surface area contributed by atoms with Crippen molar-refractivity contribution in [2.24, 2.45) is 0 Å². The number of carbonyl (C=O) groups excluding carboxylic acids is 1. The molecule has 2 aromatic heterocycles. The summed E-state index contributed by atoms with van der Waals surface area (Å²) in [4.78, 5) is 21.3. The van der Waals surface area contributed by atoms with Gasteiger partial charge in [0.2, 0.25) is 0 Å². The van der Waals surface area contributed by atoms with Crippen molar-refractivity contribution < 1.29 is 37.9 Å². The minimum Gasteiger partial charge on any atom is -0.296 e. The normalized spacial score (nSPS) is 12.1. The number of fused-ring (bicyclic) bond motifs is 6. The van der Waals surface area contributed by atoms with Crippen molar-refractivity contribution in [1.82, 2.24) is 9.97 Å². The third-order valence-corrected chi connectivity index (χ3v) is 7.95. The molecular formula is C33H19IrN2O4S-. The van der Waals surface area contributed by atoms with Gasteiger partial charge < -0.3 is 0 Å². The molecule has 0 saturated carbocycles. The Bertz CT molecular complexity index is 2110. The molecule has 4 aromatic carbocycles. The minimum atomic E-state index is -4.11. The summed E-state index contributed by atoms with van der Waals surface area (Å²) in [6.45, 7) is 0. The molecule has 0 fully saturated rings. The fourth-order valence-corrected chi connectivity index (χ4v) is 5.87. The van der Waals surface area contributed by atoms with Gasteiger partial charge in [-0.3, -0.25) is 14.3 Å². The van der Waals surface area contributed by atoms with Gasteiger partial charge in [-0.05, 0) is 51.7 Å². The zero-order chi connectivity index (χ0) is 27.4. The van der Waals surface area contributed by atoms with E-state index in [0.717, 1.165) is 39.0 Å². The van der Waals surface area contributed by atoms with E-state index in [1.54, 1.807) is 6.07 Å². The smallest absolute Gasteiger partial charge is 0.296 e.